The standard InChI is InChI=1S/C11H9F2N/c1-2-14-7-6-10(14)8-4-3-5-9(12)11(8)13/h1,3-5,10H,6-7H2. The Morgan fingerprint density at radius 2 is 2.21 bits per heavy atom. The van der Waals surface area contributed by atoms with Crippen molar-refractivity contribution in [3.8, 4) is 12.5 Å². The molecule has 0 bridgehead atoms. The molecule has 1 aromatic rings. The van der Waals surface area contributed by atoms with E-state index in [1.807, 2.05) is 0 Å². The molecule has 0 spiro atoms. The van der Waals surface area contributed by atoms with Gasteiger partial charge >= 0.3 is 0 Å². The number of likely N-dealkylation sites (tertiary alicyclic amines) is 1. The maximum atomic E-state index is 13.3. The van der Waals surface area contributed by atoms with Crippen molar-refractivity contribution in [2.45, 2.75) is 12.5 Å². The maximum Gasteiger partial charge on any atom is 0.164 e. The first-order chi connectivity index (χ1) is 6.74. The van der Waals surface area contributed by atoms with Crippen LogP contribution in [-0.2, 0) is 0 Å². The molecule has 1 heterocycles. The van der Waals surface area contributed by atoms with Crippen LogP contribution in [0.5, 0.6) is 0 Å². The normalized spacial score (nSPS) is 20.1. The smallest absolute Gasteiger partial charge is 0.164 e. The average Bonchev–Trinajstić information content (AvgIpc) is 2.12. The van der Waals surface area contributed by atoms with Gasteiger partial charge < -0.3 is 4.90 Å². The van der Waals surface area contributed by atoms with Gasteiger partial charge in [-0.3, -0.25) is 0 Å². The third kappa shape index (κ3) is 1.24. The Balaban J connectivity index is 2.34. The van der Waals surface area contributed by atoms with E-state index in [1.165, 1.54) is 6.07 Å². The van der Waals surface area contributed by atoms with Gasteiger partial charge in [-0.25, -0.2) is 8.78 Å². The summed E-state index contributed by atoms with van der Waals surface area (Å²) in [6.45, 7) is 0.747. The number of hydrogen-bond donors (Lipinski definition) is 0. The third-order valence-electron chi connectivity index (χ3n) is 2.53. The van der Waals surface area contributed by atoms with E-state index in [0.717, 1.165) is 19.0 Å². The number of terminal acetylenes is 1. The Morgan fingerprint density at radius 1 is 1.43 bits per heavy atom. The Hall–Kier alpha value is -1.56. The van der Waals surface area contributed by atoms with Crippen LogP contribution in [-0.4, -0.2) is 11.4 Å². The molecule has 0 aromatic heterocycles. The summed E-state index contributed by atoms with van der Waals surface area (Å²) >= 11 is 0. The molecule has 1 unspecified atom stereocenters. The zero-order chi connectivity index (χ0) is 10.1. The summed E-state index contributed by atoms with van der Waals surface area (Å²) in [5, 5.41) is 0. The first-order valence-corrected chi connectivity index (χ1v) is 4.41. The van der Waals surface area contributed by atoms with Crippen LogP contribution in [0.3, 0.4) is 0 Å². The van der Waals surface area contributed by atoms with Crippen molar-refractivity contribution < 1.29 is 8.78 Å². The van der Waals surface area contributed by atoms with E-state index in [9.17, 15) is 8.78 Å². The molecule has 1 fully saturated rings. The minimum absolute atomic E-state index is 0.157. The molecule has 0 radical (unpaired) electrons. The highest BCUT2D eigenvalue weighted by molar-refractivity contribution is 5.25. The van der Waals surface area contributed by atoms with Crippen molar-refractivity contribution >= 4 is 0 Å². The van der Waals surface area contributed by atoms with Gasteiger partial charge in [0, 0.05) is 18.2 Å². The molecule has 1 saturated heterocycles. The molecule has 14 heavy (non-hydrogen) atoms. The van der Waals surface area contributed by atoms with Gasteiger partial charge in [0.25, 0.3) is 0 Å². The molecule has 1 atom stereocenters. The van der Waals surface area contributed by atoms with Crippen LogP contribution in [0.4, 0.5) is 8.78 Å². The van der Waals surface area contributed by atoms with Gasteiger partial charge in [0.2, 0.25) is 0 Å². The Kier molecular flexibility index (Phi) is 2.12. The van der Waals surface area contributed by atoms with Gasteiger partial charge in [-0.1, -0.05) is 18.6 Å². The quantitative estimate of drug-likeness (QED) is 0.618. The lowest BCUT2D eigenvalue weighted by Crippen LogP contribution is -2.37. The highest BCUT2D eigenvalue weighted by Gasteiger charge is 2.30. The molecule has 0 N–H and O–H groups in total. The summed E-state index contributed by atoms with van der Waals surface area (Å²) in [4.78, 5) is 1.66. The monoisotopic (exact) mass is 193 g/mol. The molecular formula is C11H9F2N. The molecule has 1 nitrogen and oxygen atoms in total. The minimum atomic E-state index is -0.814. The summed E-state index contributed by atoms with van der Waals surface area (Å²) in [5.41, 5.74) is 0.356. The van der Waals surface area contributed by atoms with E-state index >= 15 is 0 Å². The van der Waals surface area contributed by atoms with E-state index < -0.39 is 11.6 Å². The van der Waals surface area contributed by atoms with Crippen LogP contribution in [0.1, 0.15) is 18.0 Å². The first kappa shape index (κ1) is 9.01. The van der Waals surface area contributed by atoms with Crippen molar-refractivity contribution in [3.05, 3.63) is 35.4 Å². The van der Waals surface area contributed by atoms with E-state index in [-0.39, 0.29) is 6.04 Å². The SMILES string of the molecule is C#CN1CCC1c1cccc(F)c1F. The second-order valence-electron chi connectivity index (χ2n) is 3.27. The van der Waals surface area contributed by atoms with E-state index in [0.29, 0.717) is 5.56 Å². The van der Waals surface area contributed by atoms with Gasteiger partial charge in [-0.15, -0.1) is 0 Å². The topological polar surface area (TPSA) is 3.24 Å². The minimum Gasteiger partial charge on any atom is -0.325 e. The van der Waals surface area contributed by atoms with Crippen LogP contribution >= 0.6 is 0 Å². The number of halogens is 2. The number of benzene rings is 1. The van der Waals surface area contributed by atoms with Crippen LogP contribution < -0.4 is 0 Å². The highest BCUT2D eigenvalue weighted by Crippen LogP contribution is 2.34. The Labute approximate surface area is 81.3 Å². The van der Waals surface area contributed by atoms with Crippen molar-refractivity contribution in [2.75, 3.05) is 6.54 Å². The van der Waals surface area contributed by atoms with Crippen molar-refractivity contribution in [3.63, 3.8) is 0 Å². The highest BCUT2D eigenvalue weighted by atomic mass is 19.2. The van der Waals surface area contributed by atoms with Crippen molar-refractivity contribution in [2.24, 2.45) is 0 Å². The lowest BCUT2D eigenvalue weighted by molar-refractivity contribution is 0.167. The van der Waals surface area contributed by atoms with Crippen LogP contribution in [0.15, 0.2) is 18.2 Å². The van der Waals surface area contributed by atoms with Gasteiger partial charge in [-0.2, -0.15) is 0 Å². The lowest BCUT2D eigenvalue weighted by Gasteiger charge is -2.38. The zero-order valence-electron chi connectivity index (χ0n) is 7.50. The summed E-state index contributed by atoms with van der Waals surface area (Å²) in [5.74, 6) is -1.59. The molecule has 1 aromatic carbocycles. The maximum absolute atomic E-state index is 13.3. The molecule has 0 amide bonds. The Bertz CT molecular complexity index is 395. The van der Waals surface area contributed by atoms with E-state index in [4.69, 9.17) is 6.42 Å². The molecule has 0 saturated carbocycles. The van der Waals surface area contributed by atoms with Crippen molar-refractivity contribution in [1.29, 1.82) is 0 Å². The predicted octanol–water partition coefficient (Wildman–Crippen LogP) is 2.30. The molecule has 3 heteroatoms. The van der Waals surface area contributed by atoms with Crippen LogP contribution in [0.2, 0.25) is 0 Å². The van der Waals surface area contributed by atoms with Crippen LogP contribution in [0.25, 0.3) is 0 Å². The summed E-state index contributed by atoms with van der Waals surface area (Å²) in [6.07, 6.45) is 5.99. The number of nitrogens with zero attached hydrogens (tertiary/aromatic N) is 1. The van der Waals surface area contributed by atoms with Crippen LogP contribution in [0, 0.1) is 24.1 Å². The lowest BCUT2D eigenvalue weighted by atomic mass is 9.95. The fourth-order valence-corrected chi connectivity index (χ4v) is 1.64. The average molecular weight is 193 g/mol. The molecule has 2 rings (SSSR count). The molecule has 1 aliphatic rings. The summed E-state index contributed by atoms with van der Waals surface area (Å²) < 4.78 is 26.2. The first-order valence-electron chi connectivity index (χ1n) is 4.41. The molecule has 1 aliphatic heterocycles. The fraction of sp³-hybridized carbons (Fsp3) is 0.273. The van der Waals surface area contributed by atoms with E-state index in [2.05, 4.69) is 6.04 Å². The summed E-state index contributed by atoms with van der Waals surface area (Å²) in [6, 6.07) is 6.47. The zero-order valence-corrected chi connectivity index (χ0v) is 7.50. The molecule has 72 valence electrons. The van der Waals surface area contributed by atoms with Gasteiger partial charge in [0.1, 0.15) is 0 Å². The third-order valence-corrected chi connectivity index (χ3v) is 2.53. The second-order valence-corrected chi connectivity index (χ2v) is 3.27. The largest absolute Gasteiger partial charge is 0.325 e. The predicted molar refractivity (Wildman–Crippen MR) is 49.3 cm³/mol. The van der Waals surface area contributed by atoms with Crippen molar-refractivity contribution in [1.82, 2.24) is 4.90 Å². The molecule has 0 aliphatic carbocycles. The summed E-state index contributed by atoms with van der Waals surface area (Å²) in [7, 11) is 0. The molecular weight excluding hydrogens is 184 g/mol. The second kappa shape index (κ2) is 3.30. The van der Waals surface area contributed by atoms with Gasteiger partial charge in [0.05, 0.1) is 6.04 Å². The number of hydrogen-bond acceptors (Lipinski definition) is 1. The van der Waals surface area contributed by atoms with Gasteiger partial charge in [-0.05, 0) is 12.5 Å². The van der Waals surface area contributed by atoms with Gasteiger partial charge in [0.15, 0.2) is 11.6 Å². The Morgan fingerprint density at radius 3 is 2.79 bits per heavy atom. The van der Waals surface area contributed by atoms with E-state index in [1.54, 1.807) is 11.0 Å². The number of rotatable bonds is 1. The fourth-order valence-electron chi connectivity index (χ4n) is 1.64.